The number of hydrogen-bond donors (Lipinski definition) is 1. The molecule has 0 aliphatic carbocycles. The fourth-order valence-corrected chi connectivity index (χ4v) is 3.44. The van der Waals surface area contributed by atoms with Crippen molar-refractivity contribution in [2.24, 2.45) is 0 Å². The van der Waals surface area contributed by atoms with E-state index in [9.17, 15) is 4.79 Å². The molecule has 1 aliphatic rings. The van der Waals surface area contributed by atoms with Gasteiger partial charge in [-0.1, -0.05) is 23.8 Å². The normalized spacial score (nSPS) is 18.7. The summed E-state index contributed by atoms with van der Waals surface area (Å²) in [6, 6.07) is 8.71. The second kappa shape index (κ2) is 7.18. The summed E-state index contributed by atoms with van der Waals surface area (Å²) in [5.41, 5.74) is 3.67. The summed E-state index contributed by atoms with van der Waals surface area (Å²) in [5.74, 6) is 0.0830. The van der Waals surface area contributed by atoms with Crippen LogP contribution >= 0.6 is 0 Å². The first-order valence-electron chi connectivity index (χ1n) is 8.62. The van der Waals surface area contributed by atoms with Gasteiger partial charge in [-0.3, -0.25) is 9.89 Å². The van der Waals surface area contributed by atoms with Crippen LogP contribution in [0, 0.1) is 6.92 Å². The Balaban J connectivity index is 1.80. The molecule has 1 aromatic heterocycles. The fourth-order valence-electron chi connectivity index (χ4n) is 3.44. The minimum Gasteiger partial charge on any atom is -0.338 e. The quantitative estimate of drug-likeness (QED) is 0.943. The Morgan fingerprint density at radius 3 is 2.88 bits per heavy atom. The van der Waals surface area contributed by atoms with E-state index in [4.69, 9.17) is 0 Å². The van der Waals surface area contributed by atoms with Crippen molar-refractivity contribution in [3.63, 3.8) is 0 Å². The van der Waals surface area contributed by atoms with Crippen LogP contribution in [0.25, 0.3) is 11.3 Å². The lowest BCUT2D eigenvalue weighted by atomic mass is 10.0. The Labute approximate surface area is 143 Å². The summed E-state index contributed by atoms with van der Waals surface area (Å²) in [4.78, 5) is 17.3. The summed E-state index contributed by atoms with van der Waals surface area (Å²) in [7, 11) is 4.24. The number of carbonyl (C=O) groups excluding carboxylic acids is 1. The van der Waals surface area contributed by atoms with Gasteiger partial charge in [0.1, 0.15) is 0 Å². The molecule has 1 aliphatic heterocycles. The molecule has 1 amide bonds. The van der Waals surface area contributed by atoms with Gasteiger partial charge in [-0.05, 0) is 46.3 Å². The summed E-state index contributed by atoms with van der Waals surface area (Å²) in [6.45, 7) is 3.68. The monoisotopic (exact) mass is 326 g/mol. The maximum Gasteiger partial charge on any atom is 0.257 e. The van der Waals surface area contributed by atoms with Gasteiger partial charge in [0.25, 0.3) is 5.91 Å². The predicted octanol–water partition coefficient (Wildman–Crippen LogP) is 2.94. The van der Waals surface area contributed by atoms with E-state index in [-0.39, 0.29) is 5.91 Å². The van der Waals surface area contributed by atoms with E-state index in [1.165, 1.54) is 5.56 Å². The third kappa shape index (κ3) is 3.51. The number of likely N-dealkylation sites (tertiary alicyclic amines) is 1. The van der Waals surface area contributed by atoms with Gasteiger partial charge in [0.2, 0.25) is 0 Å². The molecule has 2 aromatic rings. The Morgan fingerprint density at radius 1 is 1.29 bits per heavy atom. The lowest BCUT2D eigenvalue weighted by molar-refractivity contribution is 0.0759. The van der Waals surface area contributed by atoms with E-state index in [1.807, 2.05) is 17.0 Å². The highest BCUT2D eigenvalue weighted by atomic mass is 16.2. The van der Waals surface area contributed by atoms with Crippen molar-refractivity contribution in [1.82, 2.24) is 20.0 Å². The molecular weight excluding hydrogens is 300 g/mol. The molecule has 1 saturated heterocycles. The average Bonchev–Trinajstić information content (AvgIpc) is 2.91. The lowest BCUT2D eigenvalue weighted by Gasteiger charge is -2.23. The van der Waals surface area contributed by atoms with Crippen molar-refractivity contribution in [2.75, 3.05) is 27.2 Å². The van der Waals surface area contributed by atoms with Crippen LogP contribution in [0.3, 0.4) is 0 Å². The number of hydrogen-bond acceptors (Lipinski definition) is 3. The molecule has 128 valence electrons. The Bertz CT molecular complexity index is 707. The molecule has 0 radical (unpaired) electrons. The topological polar surface area (TPSA) is 52.2 Å². The van der Waals surface area contributed by atoms with Gasteiger partial charge < -0.3 is 9.80 Å². The number of rotatable bonds is 3. The van der Waals surface area contributed by atoms with Crippen molar-refractivity contribution >= 4 is 5.91 Å². The van der Waals surface area contributed by atoms with E-state index in [0.717, 1.165) is 43.6 Å². The highest BCUT2D eigenvalue weighted by Gasteiger charge is 2.25. The Kier molecular flexibility index (Phi) is 5.00. The molecule has 0 spiro atoms. The standard InChI is InChI=1S/C19H26N4O/c1-14-6-4-7-15(12-14)18-17(13-20-21-18)19(24)23-10-5-8-16(9-11-23)22(2)3/h4,6-7,12-13,16H,5,8-11H2,1-3H3,(H,20,21)/t16-/m1/s1. The number of carbonyl (C=O) groups is 1. The zero-order valence-corrected chi connectivity index (χ0v) is 14.7. The third-order valence-electron chi connectivity index (χ3n) is 4.89. The highest BCUT2D eigenvalue weighted by Crippen LogP contribution is 2.24. The van der Waals surface area contributed by atoms with Gasteiger partial charge in [0, 0.05) is 24.7 Å². The van der Waals surface area contributed by atoms with Gasteiger partial charge in [-0.15, -0.1) is 0 Å². The number of benzene rings is 1. The van der Waals surface area contributed by atoms with Crippen molar-refractivity contribution in [1.29, 1.82) is 0 Å². The Hall–Kier alpha value is -2.14. The van der Waals surface area contributed by atoms with Crippen LogP contribution in [-0.4, -0.2) is 59.1 Å². The van der Waals surface area contributed by atoms with Crippen LogP contribution in [0.5, 0.6) is 0 Å². The lowest BCUT2D eigenvalue weighted by Crippen LogP contribution is -2.33. The largest absolute Gasteiger partial charge is 0.338 e. The molecule has 2 heterocycles. The average molecular weight is 326 g/mol. The van der Waals surface area contributed by atoms with E-state index in [1.54, 1.807) is 6.20 Å². The summed E-state index contributed by atoms with van der Waals surface area (Å²) < 4.78 is 0. The highest BCUT2D eigenvalue weighted by molar-refractivity contribution is 5.99. The molecule has 0 unspecified atom stereocenters. The van der Waals surface area contributed by atoms with Gasteiger partial charge in [0.05, 0.1) is 17.5 Å². The fraction of sp³-hybridized carbons (Fsp3) is 0.474. The number of aromatic nitrogens is 2. The summed E-state index contributed by atoms with van der Waals surface area (Å²) in [5, 5.41) is 7.14. The number of nitrogens with one attached hydrogen (secondary N) is 1. The summed E-state index contributed by atoms with van der Waals surface area (Å²) in [6.07, 6.45) is 4.88. The van der Waals surface area contributed by atoms with E-state index in [0.29, 0.717) is 11.6 Å². The number of aryl methyl sites for hydroxylation is 1. The maximum atomic E-state index is 13.0. The number of H-pyrrole nitrogens is 1. The molecule has 5 nitrogen and oxygen atoms in total. The first-order valence-corrected chi connectivity index (χ1v) is 8.62. The van der Waals surface area contributed by atoms with Crippen LogP contribution in [0.4, 0.5) is 0 Å². The molecule has 0 saturated carbocycles. The molecule has 24 heavy (non-hydrogen) atoms. The van der Waals surface area contributed by atoms with E-state index < -0.39 is 0 Å². The minimum absolute atomic E-state index is 0.0830. The van der Waals surface area contributed by atoms with Crippen molar-refractivity contribution in [3.8, 4) is 11.3 Å². The second-order valence-electron chi connectivity index (χ2n) is 6.87. The van der Waals surface area contributed by atoms with E-state index >= 15 is 0 Å². The molecule has 1 atom stereocenters. The minimum atomic E-state index is 0.0830. The smallest absolute Gasteiger partial charge is 0.257 e. The van der Waals surface area contributed by atoms with Crippen LogP contribution in [0.2, 0.25) is 0 Å². The number of aromatic amines is 1. The van der Waals surface area contributed by atoms with Crippen LogP contribution in [-0.2, 0) is 0 Å². The second-order valence-corrected chi connectivity index (χ2v) is 6.87. The van der Waals surface area contributed by atoms with Crippen LogP contribution < -0.4 is 0 Å². The zero-order valence-electron chi connectivity index (χ0n) is 14.7. The molecule has 1 N–H and O–H groups in total. The zero-order chi connectivity index (χ0) is 17.1. The maximum absolute atomic E-state index is 13.0. The molecule has 0 bridgehead atoms. The van der Waals surface area contributed by atoms with Crippen LogP contribution in [0.15, 0.2) is 30.5 Å². The van der Waals surface area contributed by atoms with E-state index in [2.05, 4.69) is 48.2 Å². The predicted molar refractivity (Wildman–Crippen MR) is 96.0 cm³/mol. The van der Waals surface area contributed by atoms with Crippen molar-refractivity contribution in [3.05, 3.63) is 41.6 Å². The van der Waals surface area contributed by atoms with Crippen molar-refractivity contribution < 1.29 is 4.79 Å². The van der Waals surface area contributed by atoms with Gasteiger partial charge in [0.15, 0.2) is 0 Å². The Morgan fingerprint density at radius 2 is 2.12 bits per heavy atom. The molecule has 1 aromatic carbocycles. The SMILES string of the molecule is Cc1cccc(-c2[nH]ncc2C(=O)N2CCC[C@@H](N(C)C)CC2)c1. The first-order chi connectivity index (χ1) is 11.6. The molecule has 3 rings (SSSR count). The third-order valence-corrected chi connectivity index (χ3v) is 4.89. The van der Waals surface area contributed by atoms with Crippen molar-refractivity contribution in [2.45, 2.75) is 32.2 Å². The van der Waals surface area contributed by atoms with Gasteiger partial charge >= 0.3 is 0 Å². The molecule has 1 fully saturated rings. The number of nitrogens with zero attached hydrogens (tertiary/aromatic N) is 3. The van der Waals surface area contributed by atoms with Crippen LogP contribution in [0.1, 0.15) is 35.2 Å². The van der Waals surface area contributed by atoms with Gasteiger partial charge in [-0.25, -0.2) is 0 Å². The summed E-state index contributed by atoms with van der Waals surface area (Å²) >= 11 is 0. The van der Waals surface area contributed by atoms with Gasteiger partial charge in [-0.2, -0.15) is 5.10 Å². The first kappa shape index (κ1) is 16.7. The molecule has 5 heteroatoms. The molecular formula is C19H26N4O. The number of amides is 1.